The fourth-order valence-corrected chi connectivity index (χ4v) is 7.26. The first-order valence-electron chi connectivity index (χ1n) is 12.1. The molecule has 0 heterocycles. The topological polar surface area (TPSA) is 179 Å². The number of carbonyl (C=O) groups excluding carboxylic acids is 2. The molecule has 6 N–H and O–H groups in total. The van der Waals surface area contributed by atoms with Crippen LogP contribution >= 0.6 is 21.6 Å². The molecule has 4 rings (SSSR count). The van der Waals surface area contributed by atoms with Crippen molar-refractivity contribution in [3.8, 4) is 0 Å². The van der Waals surface area contributed by atoms with Crippen molar-refractivity contribution in [1.29, 1.82) is 0 Å². The predicted molar refractivity (Wildman–Crippen MR) is 166 cm³/mol. The van der Waals surface area contributed by atoms with Crippen LogP contribution in [0.25, 0.3) is 0 Å². The maximum atomic E-state index is 13.2. The maximum Gasteiger partial charge on any atom is 0.256 e. The van der Waals surface area contributed by atoms with E-state index in [4.69, 9.17) is 10.3 Å². The van der Waals surface area contributed by atoms with Crippen molar-refractivity contribution in [3.05, 3.63) is 107 Å². The number of carbonyl (C=O) groups is 2. The Morgan fingerprint density at radius 2 is 0.905 bits per heavy atom. The minimum Gasteiger partial charge on any atom is -0.322 e. The third kappa shape index (κ3) is 8.00. The molecule has 4 aromatic carbocycles. The molecule has 0 fully saturated rings. The first-order valence-corrected chi connectivity index (χ1v) is 17.4. The van der Waals surface area contributed by atoms with Crippen molar-refractivity contribution in [2.45, 2.75) is 33.4 Å². The van der Waals surface area contributed by atoms with Gasteiger partial charge in [0, 0.05) is 21.2 Å². The molecule has 42 heavy (non-hydrogen) atoms. The van der Waals surface area contributed by atoms with Gasteiger partial charge in [-0.3, -0.25) is 9.59 Å². The van der Waals surface area contributed by atoms with Gasteiger partial charge in [-0.1, -0.05) is 33.7 Å². The van der Waals surface area contributed by atoms with Crippen LogP contribution in [0.2, 0.25) is 0 Å². The van der Waals surface area contributed by atoms with Gasteiger partial charge in [0.05, 0.1) is 20.9 Å². The molecule has 0 aliphatic heterocycles. The number of sulfonamides is 2. The number of nitrogens with one attached hydrogen (secondary N) is 2. The van der Waals surface area contributed by atoms with Crippen molar-refractivity contribution < 1.29 is 26.4 Å². The van der Waals surface area contributed by atoms with E-state index in [-0.39, 0.29) is 9.79 Å². The van der Waals surface area contributed by atoms with Gasteiger partial charge < -0.3 is 10.6 Å². The molecule has 10 nitrogen and oxygen atoms in total. The molecule has 0 saturated heterocycles. The van der Waals surface area contributed by atoms with E-state index in [1.807, 2.05) is 26.0 Å². The summed E-state index contributed by atoms with van der Waals surface area (Å²) in [4.78, 5) is 27.5. The molecule has 14 heteroatoms. The second-order valence-corrected chi connectivity index (χ2v) is 14.5. The van der Waals surface area contributed by atoms with Gasteiger partial charge in [0.1, 0.15) is 0 Å². The fraction of sp³-hybridized carbons (Fsp3) is 0.0714. The minimum absolute atomic E-state index is 0.0676. The molecule has 0 aliphatic rings. The second-order valence-electron chi connectivity index (χ2n) is 9.21. The normalized spacial score (nSPS) is 11.6. The van der Waals surface area contributed by atoms with E-state index >= 15 is 0 Å². The smallest absolute Gasteiger partial charge is 0.256 e. The largest absolute Gasteiger partial charge is 0.322 e. The SMILES string of the molecule is Cc1ccc(C(=O)Nc2ccc(S(N)(=O)=O)cc2)c(SSc2cc(C)ccc2C(=O)Nc2ccc(S(N)(=O)=O)cc2)c1. The number of nitrogens with two attached hydrogens (primary N) is 2. The van der Waals surface area contributed by atoms with Gasteiger partial charge in [0.15, 0.2) is 0 Å². The Bertz CT molecular complexity index is 1740. The Hall–Kier alpha value is -3.66. The lowest BCUT2D eigenvalue weighted by Crippen LogP contribution is -2.15. The summed E-state index contributed by atoms with van der Waals surface area (Å²) in [6.45, 7) is 3.80. The van der Waals surface area contributed by atoms with Crippen LogP contribution in [-0.2, 0) is 20.0 Å². The molecule has 0 saturated carbocycles. The average molecular weight is 643 g/mol. The van der Waals surface area contributed by atoms with E-state index in [2.05, 4.69) is 10.6 Å². The van der Waals surface area contributed by atoms with Crippen LogP contribution in [0, 0.1) is 13.8 Å². The van der Waals surface area contributed by atoms with Crippen LogP contribution < -0.4 is 20.9 Å². The van der Waals surface area contributed by atoms with Gasteiger partial charge in [-0.25, -0.2) is 27.1 Å². The number of aryl methyl sites for hydroxylation is 2. The van der Waals surface area contributed by atoms with E-state index in [0.717, 1.165) is 11.1 Å². The molecular formula is C28H26N4O6S4. The Kier molecular flexibility index (Phi) is 9.45. The summed E-state index contributed by atoms with van der Waals surface area (Å²) in [5.74, 6) is -0.793. The van der Waals surface area contributed by atoms with Gasteiger partial charge in [-0.15, -0.1) is 0 Å². The quantitative estimate of drug-likeness (QED) is 0.186. The number of anilines is 2. The number of primary sulfonamides is 2. The van der Waals surface area contributed by atoms with E-state index < -0.39 is 31.9 Å². The Labute approximate surface area is 251 Å². The van der Waals surface area contributed by atoms with Crippen LogP contribution in [0.3, 0.4) is 0 Å². The van der Waals surface area contributed by atoms with Gasteiger partial charge in [0.25, 0.3) is 11.8 Å². The molecule has 0 aliphatic carbocycles. The third-order valence-corrected chi connectivity index (χ3v) is 10.2. The summed E-state index contributed by atoms with van der Waals surface area (Å²) < 4.78 is 46.1. The van der Waals surface area contributed by atoms with Gasteiger partial charge in [-0.2, -0.15) is 0 Å². The summed E-state index contributed by atoms with van der Waals surface area (Å²) in [5, 5.41) is 15.8. The van der Waals surface area contributed by atoms with Crippen molar-refractivity contribution in [2.24, 2.45) is 10.3 Å². The first kappa shape index (κ1) is 31.3. The number of rotatable bonds is 9. The van der Waals surface area contributed by atoms with Gasteiger partial charge in [-0.05, 0) is 97.8 Å². The standard InChI is InChI=1S/C28H26N4O6S4/c1-17-3-13-23(27(33)31-19-5-9-21(10-6-19)41(29,35)36)25(15-17)39-40-26-16-18(2)4-14-24(26)28(34)32-20-7-11-22(12-8-20)42(30,37)38/h3-16H,1-2H3,(H,31,33)(H,32,34)(H2,29,35,36)(H2,30,37,38). The molecule has 4 aromatic rings. The highest BCUT2D eigenvalue weighted by Gasteiger charge is 2.18. The maximum absolute atomic E-state index is 13.2. The zero-order valence-corrected chi connectivity index (χ0v) is 25.6. The molecule has 0 unspecified atom stereocenters. The van der Waals surface area contributed by atoms with Crippen molar-refractivity contribution in [1.82, 2.24) is 0 Å². The monoisotopic (exact) mass is 642 g/mol. The molecule has 218 valence electrons. The Balaban J connectivity index is 1.53. The number of hydrogen-bond acceptors (Lipinski definition) is 8. The third-order valence-electron chi connectivity index (χ3n) is 5.87. The number of hydrogen-bond donors (Lipinski definition) is 4. The number of amides is 2. The fourth-order valence-electron chi connectivity index (χ4n) is 3.71. The minimum atomic E-state index is -3.86. The molecule has 0 radical (unpaired) electrons. The summed E-state index contributed by atoms with van der Waals surface area (Å²) >= 11 is 0. The lowest BCUT2D eigenvalue weighted by molar-refractivity contribution is 0.101. The van der Waals surface area contributed by atoms with E-state index in [9.17, 15) is 26.4 Å². The van der Waals surface area contributed by atoms with Crippen LogP contribution in [0.15, 0.2) is 105 Å². The molecule has 2 amide bonds. The van der Waals surface area contributed by atoms with E-state index in [1.54, 1.807) is 24.3 Å². The molecule has 0 bridgehead atoms. The van der Waals surface area contributed by atoms with Gasteiger partial charge in [0.2, 0.25) is 20.0 Å². The van der Waals surface area contributed by atoms with Gasteiger partial charge >= 0.3 is 0 Å². The van der Waals surface area contributed by atoms with Crippen molar-refractivity contribution in [3.63, 3.8) is 0 Å². The lowest BCUT2D eigenvalue weighted by Gasteiger charge is -2.13. The summed E-state index contributed by atoms with van der Waals surface area (Å²) in [5.41, 5.74) is 3.43. The van der Waals surface area contributed by atoms with E-state index in [1.165, 1.54) is 70.1 Å². The first-order chi connectivity index (χ1) is 19.7. The second kappa shape index (κ2) is 12.7. The zero-order chi connectivity index (χ0) is 30.7. The summed E-state index contributed by atoms with van der Waals surface area (Å²) in [6, 6.07) is 21.8. The highest BCUT2D eigenvalue weighted by Crippen LogP contribution is 2.41. The Morgan fingerprint density at radius 3 is 1.21 bits per heavy atom. The highest BCUT2D eigenvalue weighted by molar-refractivity contribution is 8.76. The van der Waals surface area contributed by atoms with Crippen molar-refractivity contribution >= 4 is 64.8 Å². The van der Waals surface area contributed by atoms with Crippen LogP contribution in [0.5, 0.6) is 0 Å². The summed E-state index contributed by atoms with van der Waals surface area (Å²) in [6.07, 6.45) is 0. The van der Waals surface area contributed by atoms with Crippen LogP contribution in [-0.4, -0.2) is 28.6 Å². The molecular weight excluding hydrogens is 617 g/mol. The predicted octanol–water partition coefficient (Wildman–Crippen LogP) is 4.90. The van der Waals surface area contributed by atoms with Crippen LogP contribution in [0.4, 0.5) is 11.4 Å². The zero-order valence-electron chi connectivity index (χ0n) is 22.3. The molecule has 0 spiro atoms. The van der Waals surface area contributed by atoms with E-state index in [0.29, 0.717) is 32.3 Å². The number of benzene rings is 4. The highest BCUT2D eigenvalue weighted by atomic mass is 33.1. The van der Waals surface area contributed by atoms with Crippen molar-refractivity contribution in [2.75, 3.05) is 10.6 Å². The average Bonchev–Trinajstić information content (AvgIpc) is 2.91. The van der Waals surface area contributed by atoms with Crippen LogP contribution in [0.1, 0.15) is 31.8 Å². The molecule has 0 atom stereocenters. The summed E-state index contributed by atoms with van der Waals surface area (Å²) in [7, 11) is -5.09. The Morgan fingerprint density at radius 1 is 0.571 bits per heavy atom. The lowest BCUT2D eigenvalue weighted by atomic mass is 10.1. The molecule has 0 aromatic heterocycles.